The van der Waals surface area contributed by atoms with Crippen molar-refractivity contribution in [3.63, 3.8) is 0 Å². The molecule has 7 N–H and O–H groups in total. The highest BCUT2D eigenvalue weighted by molar-refractivity contribution is 5.76. The molecule has 2 heterocycles. The van der Waals surface area contributed by atoms with Gasteiger partial charge >= 0.3 is 5.97 Å². The fourth-order valence-electron chi connectivity index (χ4n) is 2.47. The van der Waals surface area contributed by atoms with Crippen LogP contribution in [0.3, 0.4) is 0 Å². The number of aliphatic hydroxyl groups is 7. The van der Waals surface area contributed by atoms with Crippen LogP contribution < -0.4 is 0 Å². The molecule has 0 radical (unpaired) electrons. The van der Waals surface area contributed by atoms with Gasteiger partial charge in [-0.3, -0.25) is 0 Å². The van der Waals surface area contributed by atoms with Gasteiger partial charge in [0, 0.05) is 0 Å². The molecule has 0 saturated carbocycles. The van der Waals surface area contributed by atoms with Gasteiger partial charge in [0.15, 0.2) is 18.5 Å². The zero-order valence-corrected chi connectivity index (χ0v) is 11.9. The summed E-state index contributed by atoms with van der Waals surface area (Å²) in [6.45, 7) is -1.42. The Morgan fingerprint density at radius 3 is 2.04 bits per heavy atom. The molecule has 9 atom stereocenters. The highest BCUT2D eigenvalue weighted by Gasteiger charge is 2.50. The van der Waals surface area contributed by atoms with Crippen molar-refractivity contribution < 1.29 is 54.8 Å². The van der Waals surface area contributed by atoms with Crippen LogP contribution in [0.15, 0.2) is 0 Å². The van der Waals surface area contributed by atoms with Crippen LogP contribution >= 0.6 is 0 Å². The highest BCUT2D eigenvalue weighted by Crippen LogP contribution is 2.27. The molecule has 0 aromatic carbocycles. The first-order valence-corrected chi connectivity index (χ1v) is 6.95. The van der Waals surface area contributed by atoms with Crippen LogP contribution in [-0.2, 0) is 19.0 Å². The topological polar surface area (TPSA) is 186 Å². The Morgan fingerprint density at radius 2 is 1.48 bits per heavy atom. The Kier molecular flexibility index (Phi) is 5.89. The van der Waals surface area contributed by atoms with E-state index in [0.29, 0.717) is 0 Å². The second-order valence-corrected chi connectivity index (χ2v) is 5.39. The second-order valence-electron chi connectivity index (χ2n) is 5.39. The molecule has 2 rings (SSSR count). The summed E-state index contributed by atoms with van der Waals surface area (Å²) in [4.78, 5) is 11.3. The van der Waals surface area contributed by atoms with Gasteiger partial charge in [-0.1, -0.05) is 0 Å². The fourth-order valence-corrected chi connectivity index (χ4v) is 2.47. The molecule has 2 aliphatic rings. The van der Waals surface area contributed by atoms with Gasteiger partial charge in [0.05, 0.1) is 13.2 Å². The van der Waals surface area contributed by atoms with Gasteiger partial charge in [0.2, 0.25) is 0 Å². The van der Waals surface area contributed by atoms with Gasteiger partial charge in [-0.25, -0.2) is 4.79 Å². The van der Waals surface area contributed by atoms with Crippen LogP contribution in [0, 0.1) is 0 Å². The number of carbonyl (C=O) groups excluding carboxylic acids is 1. The molecular formula is C12H20O11. The molecule has 2 fully saturated rings. The van der Waals surface area contributed by atoms with E-state index < -0.39 is 74.3 Å². The first-order valence-electron chi connectivity index (χ1n) is 6.95. The minimum Gasteiger partial charge on any atom is -0.455 e. The summed E-state index contributed by atoms with van der Waals surface area (Å²) in [7, 11) is 0. The Balaban J connectivity index is 2.13. The summed E-state index contributed by atoms with van der Waals surface area (Å²) in [5.41, 5.74) is 0. The molecule has 2 saturated heterocycles. The summed E-state index contributed by atoms with van der Waals surface area (Å²) >= 11 is 0. The Labute approximate surface area is 130 Å². The van der Waals surface area contributed by atoms with E-state index in [2.05, 4.69) is 4.74 Å². The van der Waals surface area contributed by atoms with Gasteiger partial charge in [-0.15, -0.1) is 0 Å². The summed E-state index contributed by atoms with van der Waals surface area (Å²) in [6.07, 6.45) is -14.4. The van der Waals surface area contributed by atoms with Crippen molar-refractivity contribution >= 4 is 5.97 Å². The molecule has 23 heavy (non-hydrogen) atoms. The van der Waals surface area contributed by atoms with Crippen molar-refractivity contribution in [3.8, 4) is 0 Å². The second kappa shape index (κ2) is 7.34. The maximum Gasteiger partial charge on any atom is 0.338 e. The van der Waals surface area contributed by atoms with Crippen LogP contribution in [0.4, 0.5) is 0 Å². The number of hydrogen-bond donors (Lipinski definition) is 7. The minimum absolute atomic E-state index is 0.681. The lowest BCUT2D eigenvalue weighted by molar-refractivity contribution is -0.331. The third-order valence-corrected chi connectivity index (χ3v) is 3.86. The quantitative estimate of drug-likeness (QED) is 0.242. The van der Waals surface area contributed by atoms with Crippen LogP contribution in [0.5, 0.6) is 0 Å². The summed E-state index contributed by atoms with van der Waals surface area (Å²) in [5.74, 6) is -1.15. The maximum atomic E-state index is 11.3. The van der Waals surface area contributed by atoms with Crippen LogP contribution in [-0.4, -0.2) is 110 Å². The van der Waals surface area contributed by atoms with E-state index in [9.17, 15) is 35.4 Å². The lowest BCUT2D eigenvalue weighted by atomic mass is 9.97. The van der Waals surface area contributed by atoms with Crippen LogP contribution in [0.1, 0.15) is 0 Å². The molecule has 11 nitrogen and oxygen atoms in total. The molecule has 0 amide bonds. The number of aliphatic hydroxyl groups excluding tert-OH is 7. The van der Waals surface area contributed by atoms with E-state index in [1.807, 2.05) is 0 Å². The Bertz CT molecular complexity index is 414. The van der Waals surface area contributed by atoms with Gasteiger partial charge in [0.25, 0.3) is 0 Å². The van der Waals surface area contributed by atoms with Crippen LogP contribution in [0.25, 0.3) is 0 Å². The monoisotopic (exact) mass is 340 g/mol. The van der Waals surface area contributed by atoms with Crippen molar-refractivity contribution in [3.05, 3.63) is 0 Å². The molecule has 0 bridgehead atoms. The molecule has 0 aromatic rings. The number of carbonyl (C=O) groups is 1. The maximum absolute atomic E-state index is 11.3. The summed E-state index contributed by atoms with van der Waals surface area (Å²) in [6, 6.07) is 0. The van der Waals surface area contributed by atoms with Gasteiger partial charge in [-0.2, -0.15) is 0 Å². The van der Waals surface area contributed by atoms with E-state index >= 15 is 0 Å². The van der Waals surface area contributed by atoms with Crippen molar-refractivity contribution in [1.29, 1.82) is 0 Å². The molecular weight excluding hydrogens is 320 g/mol. The standard InChI is InChI=1S/C12H20O11/c13-1-3-5(15)6(16)9(19)12(22-3)23-10-4(2-14)21-11(20)8(18)7(10)17/h3-10,12-19H,1-2H2/t3?,4?,5?,6-,7+,8?,9?,10?,12?/m1/s1. The zero-order chi connectivity index (χ0) is 17.3. The number of esters is 1. The van der Waals surface area contributed by atoms with E-state index in [0.717, 1.165) is 0 Å². The summed E-state index contributed by atoms with van der Waals surface area (Å²) < 4.78 is 15.0. The molecule has 7 unspecified atom stereocenters. The van der Waals surface area contributed by atoms with Gasteiger partial charge in [0.1, 0.15) is 36.6 Å². The lowest BCUT2D eigenvalue weighted by Crippen LogP contribution is -2.63. The van der Waals surface area contributed by atoms with Gasteiger partial charge < -0.3 is 50.0 Å². The molecule has 11 heteroatoms. The van der Waals surface area contributed by atoms with Crippen molar-refractivity contribution in [2.75, 3.05) is 13.2 Å². The van der Waals surface area contributed by atoms with Crippen LogP contribution in [0.2, 0.25) is 0 Å². The number of ether oxygens (including phenoxy) is 3. The molecule has 134 valence electrons. The lowest BCUT2D eigenvalue weighted by Gasteiger charge is -2.43. The minimum atomic E-state index is -1.92. The largest absolute Gasteiger partial charge is 0.455 e. The predicted molar refractivity (Wildman–Crippen MR) is 67.6 cm³/mol. The van der Waals surface area contributed by atoms with Crippen molar-refractivity contribution in [2.24, 2.45) is 0 Å². The Morgan fingerprint density at radius 1 is 0.870 bits per heavy atom. The van der Waals surface area contributed by atoms with Crippen molar-refractivity contribution in [1.82, 2.24) is 0 Å². The predicted octanol–water partition coefficient (Wildman–Crippen LogP) is -5.19. The van der Waals surface area contributed by atoms with E-state index in [4.69, 9.17) is 14.6 Å². The molecule has 0 spiro atoms. The average Bonchev–Trinajstić information content (AvgIpc) is 2.55. The number of hydrogen-bond acceptors (Lipinski definition) is 11. The van der Waals surface area contributed by atoms with Crippen molar-refractivity contribution in [2.45, 2.75) is 55.1 Å². The first-order chi connectivity index (χ1) is 10.8. The summed E-state index contributed by atoms with van der Waals surface area (Å²) in [5, 5.41) is 66.8. The zero-order valence-electron chi connectivity index (χ0n) is 11.9. The van der Waals surface area contributed by atoms with Gasteiger partial charge in [-0.05, 0) is 0 Å². The molecule has 0 aromatic heterocycles. The van der Waals surface area contributed by atoms with E-state index in [1.165, 1.54) is 0 Å². The van der Waals surface area contributed by atoms with E-state index in [1.54, 1.807) is 0 Å². The van der Waals surface area contributed by atoms with E-state index in [-0.39, 0.29) is 0 Å². The average molecular weight is 340 g/mol. The number of cyclic esters (lactones) is 1. The normalized spacial score (nSPS) is 48.1. The first kappa shape index (κ1) is 18.4. The highest BCUT2D eigenvalue weighted by atomic mass is 16.7. The smallest absolute Gasteiger partial charge is 0.338 e. The SMILES string of the molecule is O=C1OC(CO)C(OC2OC(CO)C(O)[C@@H](O)C2O)[C@@H](O)C1O. The fraction of sp³-hybridized carbons (Fsp3) is 0.917. The molecule has 2 aliphatic heterocycles. The third kappa shape index (κ3) is 3.47. The number of rotatable bonds is 4. The Hall–Kier alpha value is -0.890. The molecule has 0 aliphatic carbocycles. The third-order valence-electron chi connectivity index (χ3n) is 3.86.